The van der Waals surface area contributed by atoms with Crippen LogP contribution in [0.2, 0.25) is 0 Å². The molecule has 16 heavy (non-hydrogen) atoms. The average Bonchev–Trinajstić information content (AvgIpc) is 2.23. The minimum atomic E-state index is 0.148. The van der Waals surface area contributed by atoms with Crippen LogP contribution in [0, 0.1) is 0 Å². The van der Waals surface area contributed by atoms with Crippen LogP contribution in [0.4, 0.5) is 0 Å². The predicted octanol–water partition coefficient (Wildman–Crippen LogP) is 0.583. The lowest BCUT2D eigenvalue weighted by Gasteiger charge is -2.37. The highest BCUT2D eigenvalue weighted by Crippen LogP contribution is 2.05. The summed E-state index contributed by atoms with van der Waals surface area (Å²) in [5, 5.41) is 6.42. The molecule has 0 aromatic rings. The molecule has 4 heteroatoms. The van der Waals surface area contributed by atoms with Crippen molar-refractivity contribution in [2.24, 2.45) is 0 Å². The molecule has 0 aromatic carbocycles. The number of rotatable bonds is 4. The molecule has 3 unspecified atom stereocenters. The minimum Gasteiger partial charge on any atom is -0.353 e. The van der Waals surface area contributed by atoms with Crippen LogP contribution in [-0.4, -0.2) is 48.6 Å². The first-order chi connectivity index (χ1) is 7.52. The second kappa shape index (κ2) is 6.21. The first kappa shape index (κ1) is 13.5. The van der Waals surface area contributed by atoms with Gasteiger partial charge in [-0.2, -0.15) is 0 Å². The molecule has 1 aliphatic rings. The number of nitrogens with zero attached hydrogens (tertiary/aromatic N) is 1. The Bertz CT molecular complexity index is 232. The third-order valence-corrected chi connectivity index (χ3v) is 3.26. The second-order valence-electron chi connectivity index (χ2n) is 4.96. The normalized spacial score (nSPS) is 28.8. The Morgan fingerprint density at radius 3 is 2.88 bits per heavy atom. The van der Waals surface area contributed by atoms with E-state index in [4.69, 9.17) is 0 Å². The van der Waals surface area contributed by atoms with E-state index in [9.17, 15) is 4.79 Å². The maximum absolute atomic E-state index is 11.8. The molecule has 1 aliphatic heterocycles. The highest BCUT2D eigenvalue weighted by Gasteiger charge is 2.24. The summed E-state index contributed by atoms with van der Waals surface area (Å²) in [6, 6.07) is 1.20. The summed E-state index contributed by atoms with van der Waals surface area (Å²) >= 11 is 0. The Morgan fingerprint density at radius 2 is 2.25 bits per heavy atom. The van der Waals surface area contributed by atoms with Gasteiger partial charge in [0.1, 0.15) is 0 Å². The lowest BCUT2D eigenvalue weighted by Crippen LogP contribution is -2.56. The summed E-state index contributed by atoms with van der Waals surface area (Å²) in [5.41, 5.74) is 0. The van der Waals surface area contributed by atoms with Gasteiger partial charge >= 0.3 is 0 Å². The molecule has 94 valence electrons. The Hall–Kier alpha value is -0.610. The van der Waals surface area contributed by atoms with Crippen LogP contribution in [0.25, 0.3) is 0 Å². The van der Waals surface area contributed by atoms with Crippen molar-refractivity contribution < 1.29 is 4.79 Å². The first-order valence-electron chi connectivity index (χ1n) is 6.29. The van der Waals surface area contributed by atoms with Crippen LogP contribution in [0.5, 0.6) is 0 Å². The monoisotopic (exact) mass is 227 g/mol. The maximum Gasteiger partial charge on any atom is 0.234 e. The average molecular weight is 227 g/mol. The minimum absolute atomic E-state index is 0.148. The first-order valence-corrected chi connectivity index (χ1v) is 6.29. The van der Waals surface area contributed by atoms with Crippen LogP contribution in [0.3, 0.4) is 0 Å². The summed E-state index contributed by atoms with van der Waals surface area (Å²) in [5.74, 6) is 0.148. The Balaban J connectivity index is 2.37. The van der Waals surface area contributed by atoms with E-state index in [1.807, 2.05) is 6.92 Å². The topological polar surface area (TPSA) is 44.4 Å². The number of nitrogens with one attached hydrogen (secondary N) is 2. The molecule has 0 saturated carbocycles. The van der Waals surface area contributed by atoms with E-state index in [0.717, 1.165) is 19.5 Å². The second-order valence-corrected chi connectivity index (χ2v) is 4.96. The summed E-state index contributed by atoms with van der Waals surface area (Å²) in [6.07, 6.45) is 0.985. The van der Waals surface area contributed by atoms with Gasteiger partial charge in [0.25, 0.3) is 0 Å². The molecular weight excluding hydrogens is 202 g/mol. The summed E-state index contributed by atoms with van der Waals surface area (Å²) in [7, 11) is 0. The van der Waals surface area contributed by atoms with Crippen LogP contribution >= 0.6 is 0 Å². The van der Waals surface area contributed by atoms with Gasteiger partial charge in [-0.05, 0) is 27.2 Å². The van der Waals surface area contributed by atoms with Crippen molar-refractivity contribution in [3.05, 3.63) is 0 Å². The molecule has 1 heterocycles. The van der Waals surface area contributed by atoms with Crippen LogP contribution in [-0.2, 0) is 4.79 Å². The third-order valence-electron chi connectivity index (χ3n) is 3.26. The van der Waals surface area contributed by atoms with Gasteiger partial charge in [-0.25, -0.2) is 0 Å². The van der Waals surface area contributed by atoms with E-state index in [1.54, 1.807) is 0 Å². The van der Waals surface area contributed by atoms with Crippen molar-refractivity contribution in [1.82, 2.24) is 15.5 Å². The van der Waals surface area contributed by atoms with Gasteiger partial charge in [0, 0.05) is 31.2 Å². The Kier molecular flexibility index (Phi) is 5.22. The Labute approximate surface area is 98.8 Å². The van der Waals surface area contributed by atoms with Crippen molar-refractivity contribution in [3.8, 4) is 0 Å². The van der Waals surface area contributed by atoms with Gasteiger partial charge in [-0.1, -0.05) is 6.92 Å². The third kappa shape index (κ3) is 4.10. The molecule has 0 aromatic heterocycles. The standard InChI is InChI=1S/C12H25N3O/c1-5-9(2)14-12(16)8-15-7-10(3)13-6-11(15)4/h9-11,13H,5-8H2,1-4H3,(H,14,16). The van der Waals surface area contributed by atoms with Crippen molar-refractivity contribution in [2.75, 3.05) is 19.6 Å². The van der Waals surface area contributed by atoms with Crippen molar-refractivity contribution in [1.29, 1.82) is 0 Å². The summed E-state index contributed by atoms with van der Waals surface area (Å²) in [4.78, 5) is 14.0. The number of hydrogen-bond acceptors (Lipinski definition) is 3. The molecule has 2 N–H and O–H groups in total. The fourth-order valence-corrected chi connectivity index (χ4v) is 1.92. The molecule has 0 bridgehead atoms. The quantitative estimate of drug-likeness (QED) is 0.738. The number of carbonyl (C=O) groups is 1. The van der Waals surface area contributed by atoms with Gasteiger partial charge in [0.2, 0.25) is 5.91 Å². The predicted molar refractivity (Wildman–Crippen MR) is 66.4 cm³/mol. The van der Waals surface area contributed by atoms with E-state index in [1.165, 1.54) is 0 Å². The fourth-order valence-electron chi connectivity index (χ4n) is 1.92. The van der Waals surface area contributed by atoms with Gasteiger partial charge in [0.05, 0.1) is 6.54 Å². The van der Waals surface area contributed by atoms with Crippen LogP contribution < -0.4 is 10.6 Å². The van der Waals surface area contributed by atoms with Crippen molar-refractivity contribution in [2.45, 2.75) is 52.2 Å². The zero-order valence-electron chi connectivity index (χ0n) is 10.9. The largest absolute Gasteiger partial charge is 0.353 e. The van der Waals surface area contributed by atoms with Gasteiger partial charge in [0.15, 0.2) is 0 Å². The van der Waals surface area contributed by atoms with E-state index in [2.05, 4.69) is 36.3 Å². The van der Waals surface area contributed by atoms with E-state index in [-0.39, 0.29) is 11.9 Å². The molecule has 1 rings (SSSR count). The molecule has 3 atom stereocenters. The molecule has 1 fully saturated rings. The molecule has 0 spiro atoms. The van der Waals surface area contributed by atoms with Gasteiger partial charge in [-0.3, -0.25) is 9.69 Å². The lowest BCUT2D eigenvalue weighted by molar-refractivity contribution is -0.123. The molecule has 0 radical (unpaired) electrons. The highest BCUT2D eigenvalue weighted by molar-refractivity contribution is 5.78. The summed E-state index contributed by atoms with van der Waals surface area (Å²) < 4.78 is 0. The fraction of sp³-hybridized carbons (Fsp3) is 0.917. The smallest absolute Gasteiger partial charge is 0.234 e. The zero-order valence-corrected chi connectivity index (χ0v) is 10.9. The van der Waals surface area contributed by atoms with E-state index >= 15 is 0 Å². The van der Waals surface area contributed by atoms with Crippen molar-refractivity contribution >= 4 is 5.91 Å². The zero-order chi connectivity index (χ0) is 12.1. The highest BCUT2D eigenvalue weighted by atomic mass is 16.2. The molecule has 4 nitrogen and oxygen atoms in total. The number of amides is 1. The van der Waals surface area contributed by atoms with Gasteiger partial charge < -0.3 is 10.6 Å². The Morgan fingerprint density at radius 1 is 1.56 bits per heavy atom. The SMILES string of the molecule is CCC(C)NC(=O)CN1CC(C)NCC1C. The van der Waals surface area contributed by atoms with E-state index < -0.39 is 0 Å². The lowest BCUT2D eigenvalue weighted by atomic mass is 10.1. The van der Waals surface area contributed by atoms with Crippen molar-refractivity contribution in [3.63, 3.8) is 0 Å². The molecule has 1 amide bonds. The number of piperazine rings is 1. The molecule has 0 aliphatic carbocycles. The van der Waals surface area contributed by atoms with E-state index in [0.29, 0.717) is 18.6 Å². The van der Waals surface area contributed by atoms with Gasteiger partial charge in [-0.15, -0.1) is 0 Å². The summed E-state index contributed by atoms with van der Waals surface area (Å²) in [6.45, 7) is 10.9. The van der Waals surface area contributed by atoms with Crippen LogP contribution in [0.1, 0.15) is 34.1 Å². The molecule has 1 saturated heterocycles. The number of carbonyl (C=O) groups excluding carboxylic acids is 1. The maximum atomic E-state index is 11.8. The number of hydrogen-bond donors (Lipinski definition) is 2. The molecular formula is C12H25N3O. The van der Waals surface area contributed by atoms with Crippen LogP contribution in [0.15, 0.2) is 0 Å².